The SMILES string of the molecule is Cc1ccc(Cl)cc1NC(=O)N[C@@H](CC(N)=O)C(=O)O. The molecule has 0 fully saturated rings. The zero-order chi connectivity index (χ0) is 15.3. The van der Waals surface area contributed by atoms with E-state index in [1.165, 1.54) is 6.07 Å². The number of aliphatic carboxylic acids is 1. The first-order valence-corrected chi connectivity index (χ1v) is 6.02. The third-order valence-corrected chi connectivity index (χ3v) is 2.69. The number of anilines is 1. The average molecular weight is 300 g/mol. The van der Waals surface area contributed by atoms with Crippen molar-refractivity contribution < 1.29 is 19.5 Å². The van der Waals surface area contributed by atoms with Gasteiger partial charge >= 0.3 is 12.0 Å². The van der Waals surface area contributed by atoms with Gasteiger partial charge in [0.15, 0.2) is 0 Å². The first kappa shape index (κ1) is 15.8. The Morgan fingerprint density at radius 3 is 2.60 bits per heavy atom. The van der Waals surface area contributed by atoms with Crippen LogP contribution in [0.3, 0.4) is 0 Å². The van der Waals surface area contributed by atoms with Crippen molar-refractivity contribution >= 4 is 35.2 Å². The molecule has 0 aromatic heterocycles. The van der Waals surface area contributed by atoms with E-state index in [1.54, 1.807) is 19.1 Å². The first-order chi connectivity index (χ1) is 9.29. The van der Waals surface area contributed by atoms with Crippen molar-refractivity contribution in [2.24, 2.45) is 5.73 Å². The number of amides is 3. The van der Waals surface area contributed by atoms with Crippen molar-refractivity contribution in [3.63, 3.8) is 0 Å². The number of rotatable bonds is 5. The van der Waals surface area contributed by atoms with Crippen molar-refractivity contribution in [3.05, 3.63) is 28.8 Å². The number of carbonyl (C=O) groups excluding carboxylic acids is 2. The predicted molar refractivity (Wildman–Crippen MR) is 73.6 cm³/mol. The molecule has 0 bridgehead atoms. The van der Waals surface area contributed by atoms with Crippen LogP contribution in [0.25, 0.3) is 0 Å². The van der Waals surface area contributed by atoms with E-state index in [0.717, 1.165) is 5.56 Å². The van der Waals surface area contributed by atoms with E-state index >= 15 is 0 Å². The minimum Gasteiger partial charge on any atom is -0.480 e. The predicted octanol–water partition coefficient (Wildman–Crippen LogP) is 1.10. The third kappa shape index (κ3) is 4.77. The molecule has 1 rings (SSSR count). The highest BCUT2D eigenvalue weighted by Crippen LogP contribution is 2.19. The van der Waals surface area contributed by atoms with Gasteiger partial charge in [-0.1, -0.05) is 17.7 Å². The van der Waals surface area contributed by atoms with Gasteiger partial charge in [-0.25, -0.2) is 9.59 Å². The van der Waals surface area contributed by atoms with Gasteiger partial charge in [0.25, 0.3) is 0 Å². The molecule has 20 heavy (non-hydrogen) atoms. The maximum atomic E-state index is 11.7. The fourth-order valence-electron chi connectivity index (χ4n) is 1.45. The van der Waals surface area contributed by atoms with Gasteiger partial charge in [0.2, 0.25) is 5.91 Å². The number of benzene rings is 1. The summed E-state index contributed by atoms with van der Waals surface area (Å²) in [6.45, 7) is 1.75. The summed E-state index contributed by atoms with van der Waals surface area (Å²) in [6.07, 6.45) is -0.489. The van der Waals surface area contributed by atoms with Crippen LogP contribution in [-0.4, -0.2) is 29.1 Å². The smallest absolute Gasteiger partial charge is 0.326 e. The normalized spacial score (nSPS) is 11.5. The van der Waals surface area contributed by atoms with Gasteiger partial charge in [0.1, 0.15) is 6.04 Å². The number of carboxylic acid groups (broad SMARTS) is 1. The quantitative estimate of drug-likeness (QED) is 0.650. The highest BCUT2D eigenvalue weighted by molar-refractivity contribution is 6.31. The molecular weight excluding hydrogens is 286 g/mol. The standard InChI is InChI=1S/C12H14ClN3O4/c1-6-2-3-7(13)4-8(6)15-12(20)16-9(11(18)19)5-10(14)17/h2-4,9H,5H2,1H3,(H2,14,17)(H,18,19)(H2,15,16,20)/t9-/m0/s1. The Balaban J connectivity index is 2.72. The van der Waals surface area contributed by atoms with Crippen LogP contribution in [0.5, 0.6) is 0 Å². The summed E-state index contributed by atoms with van der Waals surface area (Å²) in [5, 5.41) is 13.9. The number of aryl methyl sites for hydroxylation is 1. The van der Waals surface area contributed by atoms with Gasteiger partial charge in [0, 0.05) is 10.7 Å². The van der Waals surface area contributed by atoms with Crippen LogP contribution in [0.2, 0.25) is 5.02 Å². The van der Waals surface area contributed by atoms with E-state index in [9.17, 15) is 14.4 Å². The molecule has 1 aromatic carbocycles. The number of urea groups is 1. The molecule has 0 heterocycles. The topological polar surface area (TPSA) is 122 Å². The molecule has 1 atom stereocenters. The zero-order valence-electron chi connectivity index (χ0n) is 10.6. The summed E-state index contributed by atoms with van der Waals surface area (Å²) >= 11 is 5.80. The molecule has 0 aliphatic rings. The van der Waals surface area contributed by atoms with Crippen molar-refractivity contribution in [1.82, 2.24) is 5.32 Å². The van der Waals surface area contributed by atoms with E-state index in [1.807, 2.05) is 0 Å². The number of primary amides is 1. The van der Waals surface area contributed by atoms with E-state index in [2.05, 4.69) is 10.6 Å². The number of nitrogens with one attached hydrogen (secondary N) is 2. The van der Waals surface area contributed by atoms with Gasteiger partial charge < -0.3 is 21.5 Å². The monoisotopic (exact) mass is 299 g/mol. The summed E-state index contributed by atoms with van der Waals surface area (Å²) in [6, 6.07) is 2.75. The Bertz CT molecular complexity index is 548. The maximum absolute atomic E-state index is 11.7. The van der Waals surface area contributed by atoms with Crippen LogP contribution < -0.4 is 16.4 Å². The number of halogens is 1. The first-order valence-electron chi connectivity index (χ1n) is 5.64. The maximum Gasteiger partial charge on any atom is 0.326 e. The molecule has 7 nitrogen and oxygen atoms in total. The Kier molecular flexibility index (Phi) is 5.33. The van der Waals surface area contributed by atoms with Gasteiger partial charge in [-0.3, -0.25) is 4.79 Å². The molecule has 108 valence electrons. The van der Waals surface area contributed by atoms with Gasteiger partial charge in [-0.05, 0) is 24.6 Å². The van der Waals surface area contributed by atoms with E-state index < -0.39 is 30.4 Å². The van der Waals surface area contributed by atoms with Gasteiger partial charge in [0.05, 0.1) is 6.42 Å². The Morgan fingerprint density at radius 2 is 2.05 bits per heavy atom. The van der Waals surface area contributed by atoms with Crippen LogP contribution >= 0.6 is 11.6 Å². The Labute approximate surface area is 120 Å². The highest BCUT2D eigenvalue weighted by atomic mass is 35.5. The van der Waals surface area contributed by atoms with E-state index in [0.29, 0.717) is 10.7 Å². The van der Waals surface area contributed by atoms with E-state index in [-0.39, 0.29) is 0 Å². The molecule has 0 radical (unpaired) electrons. The summed E-state index contributed by atoms with van der Waals surface area (Å²) in [5.41, 5.74) is 6.11. The summed E-state index contributed by atoms with van der Waals surface area (Å²) in [7, 11) is 0. The number of hydrogen-bond donors (Lipinski definition) is 4. The Morgan fingerprint density at radius 1 is 1.40 bits per heavy atom. The lowest BCUT2D eigenvalue weighted by Crippen LogP contribution is -2.45. The highest BCUT2D eigenvalue weighted by Gasteiger charge is 2.22. The lowest BCUT2D eigenvalue weighted by Gasteiger charge is -2.14. The lowest BCUT2D eigenvalue weighted by atomic mass is 10.2. The number of carboxylic acids is 1. The largest absolute Gasteiger partial charge is 0.480 e. The average Bonchev–Trinajstić information content (AvgIpc) is 2.32. The molecule has 5 N–H and O–H groups in total. The molecule has 1 aromatic rings. The fourth-order valence-corrected chi connectivity index (χ4v) is 1.62. The third-order valence-electron chi connectivity index (χ3n) is 2.46. The summed E-state index contributed by atoms with van der Waals surface area (Å²) in [4.78, 5) is 33.3. The lowest BCUT2D eigenvalue weighted by molar-refractivity contribution is -0.140. The van der Waals surface area contributed by atoms with Crippen LogP contribution in [0.4, 0.5) is 10.5 Å². The molecule has 0 saturated carbocycles. The molecular formula is C12H14ClN3O4. The van der Waals surface area contributed by atoms with Gasteiger partial charge in [-0.2, -0.15) is 0 Å². The van der Waals surface area contributed by atoms with Crippen molar-refractivity contribution in [2.75, 3.05) is 5.32 Å². The second kappa shape index (κ2) is 6.76. The minimum absolute atomic E-state index is 0.429. The summed E-state index contributed by atoms with van der Waals surface area (Å²) < 4.78 is 0. The summed E-state index contributed by atoms with van der Waals surface area (Å²) in [5.74, 6) is -2.17. The molecule has 0 unspecified atom stereocenters. The molecule has 0 saturated heterocycles. The van der Waals surface area contributed by atoms with Crippen molar-refractivity contribution in [1.29, 1.82) is 0 Å². The van der Waals surface area contributed by atoms with Crippen LogP contribution in [-0.2, 0) is 9.59 Å². The molecule has 0 spiro atoms. The minimum atomic E-state index is -1.38. The fraction of sp³-hybridized carbons (Fsp3) is 0.250. The molecule has 0 aliphatic carbocycles. The number of hydrogen-bond acceptors (Lipinski definition) is 3. The van der Waals surface area contributed by atoms with Gasteiger partial charge in [-0.15, -0.1) is 0 Å². The van der Waals surface area contributed by atoms with Crippen LogP contribution in [0.1, 0.15) is 12.0 Å². The van der Waals surface area contributed by atoms with E-state index in [4.69, 9.17) is 22.4 Å². The van der Waals surface area contributed by atoms with Crippen molar-refractivity contribution in [2.45, 2.75) is 19.4 Å². The van der Waals surface area contributed by atoms with Crippen LogP contribution in [0.15, 0.2) is 18.2 Å². The second-order valence-corrected chi connectivity index (χ2v) is 4.56. The Hall–Kier alpha value is -2.28. The number of nitrogens with two attached hydrogens (primary N) is 1. The van der Waals surface area contributed by atoms with Crippen molar-refractivity contribution in [3.8, 4) is 0 Å². The van der Waals surface area contributed by atoms with Crippen LogP contribution in [0, 0.1) is 6.92 Å². The molecule has 8 heteroatoms. The number of carbonyl (C=O) groups is 3. The second-order valence-electron chi connectivity index (χ2n) is 4.12. The molecule has 0 aliphatic heterocycles. The zero-order valence-corrected chi connectivity index (χ0v) is 11.4. The molecule has 3 amide bonds.